The van der Waals surface area contributed by atoms with E-state index in [-0.39, 0.29) is 5.91 Å². The van der Waals surface area contributed by atoms with Gasteiger partial charge in [0.2, 0.25) is 0 Å². The molecule has 0 N–H and O–H groups in total. The van der Waals surface area contributed by atoms with Crippen LogP contribution in [0.15, 0.2) is 77.8 Å². The molecule has 4 rings (SSSR count). The molecule has 1 aliphatic rings. The number of benzodiazepines with no additional fused rings is 1. The third-order valence-corrected chi connectivity index (χ3v) is 5.23. The first kappa shape index (κ1) is 19.2. The molecule has 0 aromatic heterocycles. The Kier molecular flexibility index (Phi) is 5.36. The van der Waals surface area contributed by atoms with Crippen LogP contribution >= 0.6 is 11.6 Å². The zero-order valence-corrected chi connectivity index (χ0v) is 17.1. The highest BCUT2D eigenvalue weighted by atomic mass is 35.5. The normalized spacial score (nSPS) is 16.1. The molecule has 3 aromatic carbocycles. The van der Waals surface area contributed by atoms with Crippen molar-refractivity contribution >= 4 is 28.9 Å². The molecule has 0 fully saturated rings. The van der Waals surface area contributed by atoms with Crippen molar-refractivity contribution in [3.05, 3.63) is 94.5 Å². The van der Waals surface area contributed by atoms with Gasteiger partial charge in [0, 0.05) is 16.1 Å². The van der Waals surface area contributed by atoms with Gasteiger partial charge in [-0.25, -0.2) is 0 Å². The van der Waals surface area contributed by atoms with Gasteiger partial charge in [-0.2, -0.15) is 0 Å². The third kappa shape index (κ3) is 3.89. The summed E-state index contributed by atoms with van der Waals surface area (Å²) in [6, 6.07) is 22.7. The molecule has 1 unspecified atom stereocenters. The van der Waals surface area contributed by atoms with Crippen LogP contribution in [0.2, 0.25) is 5.02 Å². The quantitative estimate of drug-likeness (QED) is 0.605. The van der Waals surface area contributed by atoms with Crippen molar-refractivity contribution in [1.29, 1.82) is 0 Å². The van der Waals surface area contributed by atoms with Crippen molar-refractivity contribution in [3.8, 4) is 5.75 Å². The Bertz CT molecular complexity index is 1060. The zero-order valence-electron chi connectivity index (χ0n) is 16.3. The van der Waals surface area contributed by atoms with Gasteiger partial charge >= 0.3 is 0 Å². The minimum Gasteiger partial charge on any atom is -0.497 e. The van der Waals surface area contributed by atoms with E-state index in [1.54, 1.807) is 12.0 Å². The van der Waals surface area contributed by atoms with Gasteiger partial charge in [-0.05, 0) is 42.8 Å². The van der Waals surface area contributed by atoms with Crippen molar-refractivity contribution in [2.45, 2.75) is 19.5 Å². The fraction of sp³-hybridized carbons (Fsp3) is 0.167. The Morgan fingerprint density at radius 1 is 1.03 bits per heavy atom. The smallest absolute Gasteiger partial charge is 0.251 e. The van der Waals surface area contributed by atoms with Crippen LogP contribution in [0.3, 0.4) is 0 Å². The Labute approximate surface area is 175 Å². The lowest BCUT2D eigenvalue weighted by atomic mass is 10.00. The molecular formula is C24H21ClN2O2. The van der Waals surface area contributed by atoms with Gasteiger partial charge in [-0.3, -0.25) is 9.79 Å². The summed E-state index contributed by atoms with van der Waals surface area (Å²) in [5.41, 5.74) is 4.41. The summed E-state index contributed by atoms with van der Waals surface area (Å²) in [7, 11) is 1.64. The summed E-state index contributed by atoms with van der Waals surface area (Å²) in [5, 5.41) is 0.610. The number of hydrogen-bond donors (Lipinski definition) is 0. The van der Waals surface area contributed by atoms with Crippen molar-refractivity contribution in [2.75, 3.05) is 12.0 Å². The van der Waals surface area contributed by atoms with E-state index in [0.29, 0.717) is 11.6 Å². The van der Waals surface area contributed by atoms with Gasteiger partial charge in [0.25, 0.3) is 5.91 Å². The molecule has 0 bridgehead atoms. The van der Waals surface area contributed by atoms with Gasteiger partial charge in [-0.1, -0.05) is 54.1 Å². The van der Waals surface area contributed by atoms with E-state index in [2.05, 4.69) is 0 Å². The SMILES string of the molecule is COc1ccc(CN2C(=O)C(C)N=C(c3ccccc3)c3cc(Cl)ccc32)cc1. The van der Waals surface area contributed by atoms with E-state index in [9.17, 15) is 4.79 Å². The van der Waals surface area contributed by atoms with Gasteiger partial charge in [0.05, 0.1) is 25.1 Å². The van der Waals surface area contributed by atoms with Crippen molar-refractivity contribution in [2.24, 2.45) is 4.99 Å². The third-order valence-electron chi connectivity index (χ3n) is 5.00. The molecule has 0 saturated heterocycles. The molecule has 1 heterocycles. The Hall–Kier alpha value is -3.11. The first-order chi connectivity index (χ1) is 14.1. The number of amides is 1. The van der Waals surface area contributed by atoms with Gasteiger partial charge in [0.15, 0.2) is 0 Å². The van der Waals surface area contributed by atoms with Crippen LogP contribution in [0.25, 0.3) is 0 Å². The Balaban J connectivity index is 1.81. The summed E-state index contributed by atoms with van der Waals surface area (Å²) in [6.45, 7) is 2.28. The van der Waals surface area contributed by atoms with Crippen LogP contribution in [0, 0.1) is 0 Å². The summed E-state index contributed by atoms with van der Waals surface area (Å²) >= 11 is 6.32. The van der Waals surface area contributed by atoms with Crippen molar-refractivity contribution < 1.29 is 9.53 Å². The number of ether oxygens (including phenoxy) is 1. The number of carbonyl (C=O) groups excluding carboxylic acids is 1. The number of hydrogen-bond acceptors (Lipinski definition) is 3. The van der Waals surface area contributed by atoms with Crippen LogP contribution in [0.5, 0.6) is 5.75 Å². The van der Waals surface area contributed by atoms with E-state index in [4.69, 9.17) is 21.3 Å². The van der Waals surface area contributed by atoms with Gasteiger partial charge < -0.3 is 9.64 Å². The second-order valence-corrected chi connectivity index (χ2v) is 7.39. The standard InChI is InChI=1S/C24H21ClN2O2/c1-16-24(28)27(15-17-8-11-20(29-2)12-9-17)22-13-10-19(25)14-21(22)23(26-16)18-6-4-3-5-7-18/h3-14,16H,15H2,1-2H3. The number of carbonyl (C=O) groups is 1. The van der Waals surface area contributed by atoms with E-state index < -0.39 is 6.04 Å². The first-order valence-electron chi connectivity index (χ1n) is 9.44. The summed E-state index contributed by atoms with van der Waals surface area (Å²) in [4.78, 5) is 19.8. The molecule has 4 nitrogen and oxygen atoms in total. The van der Waals surface area contributed by atoms with Gasteiger partial charge in [0.1, 0.15) is 11.8 Å². The Morgan fingerprint density at radius 2 is 1.76 bits per heavy atom. The highest BCUT2D eigenvalue weighted by Gasteiger charge is 2.29. The number of nitrogens with zero attached hydrogens (tertiary/aromatic N) is 2. The maximum Gasteiger partial charge on any atom is 0.251 e. The molecule has 29 heavy (non-hydrogen) atoms. The molecule has 0 aliphatic carbocycles. The number of halogens is 1. The monoisotopic (exact) mass is 404 g/mol. The van der Waals surface area contributed by atoms with E-state index >= 15 is 0 Å². The number of aliphatic imine (C=N–C) groups is 1. The molecule has 0 radical (unpaired) electrons. The molecule has 5 heteroatoms. The van der Waals surface area contributed by atoms with E-state index in [1.807, 2.05) is 79.7 Å². The van der Waals surface area contributed by atoms with Crippen molar-refractivity contribution in [3.63, 3.8) is 0 Å². The lowest BCUT2D eigenvalue weighted by Gasteiger charge is -2.25. The first-order valence-corrected chi connectivity index (χ1v) is 9.82. The summed E-state index contributed by atoms with van der Waals surface area (Å²) in [6.07, 6.45) is 0. The number of methoxy groups -OCH3 is 1. The average Bonchev–Trinajstić information content (AvgIpc) is 2.85. The molecule has 3 aromatic rings. The number of rotatable bonds is 4. The molecule has 1 atom stereocenters. The second-order valence-electron chi connectivity index (χ2n) is 6.95. The molecule has 1 aliphatic heterocycles. The number of fused-ring (bicyclic) bond motifs is 1. The van der Waals surface area contributed by atoms with Crippen LogP contribution in [-0.4, -0.2) is 24.8 Å². The number of benzene rings is 3. The zero-order chi connectivity index (χ0) is 20.4. The predicted molar refractivity (Wildman–Crippen MR) is 117 cm³/mol. The highest BCUT2D eigenvalue weighted by Crippen LogP contribution is 2.32. The molecular weight excluding hydrogens is 384 g/mol. The fourth-order valence-electron chi connectivity index (χ4n) is 3.50. The number of anilines is 1. The predicted octanol–water partition coefficient (Wildman–Crippen LogP) is 5.12. The lowest BCUT2D eigenvalue weighted by molar-refractivity contribution is -0.119. The minimum atomic E-state index is -0.505. The highest BCUT2D eigenvalue weighted by molar-refractivity contribution is 6.32. The topological polar surface area (TPSA) is 41.9 Å². The molecule has 0 spiro atoms. The lowest BCUT2D eigenvalue weighted by Crippen LogP contribution is -2.36. The second kappa shape index (κ2) is 8.10. The Morgan fingerprint density at radius 3 is 2.45 bits per heavy atom. The molecule has 0 saturated carbocycles. The maximum atomic E-state index is 13.3. The molecule has 146 valence electrons. The maximum absolute atomic E-state index is 13.3. The van der Waals surface area contributed by atoms with Gasteiger partial charge in [-0.15, -0.1) is 0 Å². The summed E-state index contributed by atoms with van der Waals surface area (Å²) < 4.78 is 5.24. The minimum absolute atomic E-state index is 0.0460. The van der Waals surface area contributed by atoms with Crippen LogP contribution in [-0.2, 0) is 11.3 Å². The largest absolute Gasteiger partial charge is 0.497 e. The summed E-state index contributed by atoms with van der Waals surface area (Å²) in [5.74, 6) is 0.738. The average molecular weight is 405 g/mol. The van der Waals surface area contributed by atoms with Crippen molar-refractivity contribution in [1.82, 2.24) is 0 Å². The fourth-order valence-corrected chi connectivity index (χ4v) is 3.67. The molecule has 1 amide bonds. The van der Waals surface area contributed by atoms with Crippen LogP contribution < -0.4 is 9.64 Å². The van der Waals surface area contributed by atoms with Crippen LogP contribution in [0.4, 0.5) is 5.69 Å². The van der Waals surface area contributed by atoms with E-state index in [0.717, 1.165) is 33.8 Å². The van der Waals surface area contributed by atoms with Crippen LogP contribution in [0.1, 0.15) is 23.6 Å². The van der Waals surface area contributed by atoms with E-state index in [1.165, 1.54) is 0 Å².